The molecule has 1 unspecified atom stereocenters. The first-order valence-electron chi connectivity index (χ1n) is 17.2. The fourth-order valence-electron chi connectivity index (χ4n) is 6.01. The van der Waals surface area contributed by atoms with Crippen molar-refractivity contribution in [1.82, 2.24) is 24.8 Å². The van der Waals surface area contributed by atoms with Gasteiger partial charge in [0.2, 0.25) is 5.91 Å². The number of amides is 2. The molecule has 0 fully saturated rings. The number of carbonyl (C=O) groups is 4. The first-order valence-corrected chi connectivity index (χ1v) is 17.2. The molecule has 12 nitrogen and oxygen atoms in total. The van der Waals surface area contributed by atoms with Crippen molar-refractivity contribution in [2.24, 2.45) is 5.92 Å². The van der Waals surface area contributed by atoms with Gasteiger partial charge in [-0.1, -0.05) is 49.8 Å². The van der Waals surface area contributed by atoms with Gasteiger partial charge in [0.1, 0.15) is 24.6 Å². The van der Waals surface area contributed by atoms with Gasteiger partial charge in [-0.2, -0.15) is 0 Å². The van der Waals surface area contributed by atoms with Crippen molar-refractivity contribution in [3.05, 3.63) is 107 Å². The molecule has 2 aromatic heterocycles. The highest BCUT2D eigenvalue weighted by Crippen LogP contribution is 2.22. The number of ether oxygens (including phenoxy) is 2. The number of benzene rings is 1. The summed E-state index contributed by atoms with van der Waals surface area (Å²) in [7, 11) is 0. The Hall–Kier alpha value is -5.33. The predicted molar refractivity (Wildman–Crippen MR) is 185 cm³/mol. The second-order valence-electron chi connectivity index (χ2n) is 12.9. The highest BCUT2D eigenvalue weighted by Gasteiger charge is 2.30. The quantitative estimate of drug-likeness (QED) is 0.356. The summed E-state index contributed by atoms with van der Waals surface area (Å²) in [6.45, 7) is 6.65. The minimum atomic E-state index is -1.54. The zero-order valence-corrected chi connectivity index (χ0v) is 29.1. The molecule has 1 aromatic carbocycles. The zero-order chi connectivity index (χ0) is 36.3. The summed E-state index contributed by atoms with van der Waals surface area (Å²) < 4.78 is 34.6. The van der Waals surface area contributed by atoms with Gasteiger partial charge in [-0.05, 0) is 49.5 Å². The lowest BCUT2D eigenvalue weighted by Crippen LogP contribution is -2.32. The van der Waals surface area contributed by atoms with E-state index >= 15 is 4.39 Å². The lowest BCUT2D eigenvalue weighted by Gasteiger charge is -2.23. The van der Waals surface area contributed by atoms with Gasteiger partial charge >= 0.3 is 11.9 Å². The highest BCUT2D eigenvalue weighted by molar-refractivity contribution is 5.96. The number of nitrogens with zero attached hydrogens (tertiary/aromatic N) is 4. The van der Waals surface area contributed by atoms with Crippen LogP contribution in [0.25, 0.3) is 0 Å². The van der Waals surface area contributed by atoms with Crippen LogP contribution in [0.1, 0.15) is 78.8 Å². The van der Waals surface area contributed by atoms with E-state index in [2.05, 4.69) is 15.3 Å². The molecule has 0 saturated heterocycles. The summed E-state index contributed by atoms with van der Waals surface area (Å²) >= 11 is 0. The highest BCUT2D eigenvalue weighted by atomic mass is 19.1. The number of hydrogen-bond donors (Lipinski definition) is 1. The van der Waals surface area contributed by atoms with Crippen molar-refractivity contribution in [3.8, 4) is 0 Å². The molecule has 0 aliphatic carbocycles. The molecule has 51 heavy (non-hydrogen) atoms. The number of hydrogen-bond acceptors (Lipinski definition) is 9. The summed E-state index contributed by atoms with van der Waals surface area (Å²) in [4.78, 5) is 61.8. The van der Waals surface area contributed by atoms with E-state index < -0.39 is 36.2 Å². The summed E-state index contributed by atoms with van der Waals surface area (Å²) in [5, 5.41) is 2.86. The summed E-state index contributed by atoms with van der Waals surface area (Å²) in [6.07, 6.45) is 11.2. The van der Waals surface area contributed by atoms with Gasteiger partial charge in [0.25, 0.3) is 5.91 Å². The number of allylic oxidation sites excluding steroid dienone is 2. The Morgan fingerprint density at radius 2 is 2.06 bits per heavy atom. The Morgan fingerprint density at radius 3 is 2.84 bits per heavy atom. The van der Waals surface area contributed by atoms with Gasteiger partial charge in [-0.15, -0.1) is 0 Å². The fourth-order valence-corrected chi connectivity index (χ4v) is 6.01. The number of alkyl halides is 1. The van der Waals surface area contributed by atoms with Gasteiger partial charge < -0.3 is 28.7 Å². The number of halogens is 1. The van der Waals surface area contributed by atoms with E-state index in [4.69, 9.17) is 13.9 Å². The Kier molecular flexibility index (Phi) is 12.7. The van der Waals surface area contributed by atoms with E-state index in [1.54, 1.807) is 62.0 Å². The van der Waals surface area contributed by atoms with Crippen LogP contribution in [0.15, 0.2) is 89.1 Å². The molecule has 2 aliphatic rings. The van der Waals surface area contributed by atoms with Crippen LogP contribution < -0.4 is 5.32 Å². The lowest BCUT2D eigenvalue weighted by atomic mass is 9.96. The van der Waals surface area contributed by atoms with Crippen molar-refractivity contribution in [2.45, 2.75) is 77.8 Å². The summed E-state index contributed by atoms with van der Waals surface area (Å²) in [5.41, 5.74) is 2.23. The molecule has 1 N–H and O–H groups in total. The fraction of sp³-hybridized carbons (Fsp3) is 0.421. The number of carbonyl (C=O) groups excluding carboxylic acids is 4. The van der Waals surface area contributed by atoms with E-state index in [-0.39, 0.29) is 62.3 Å². The number of fused-ring (bicyclic) bond motifs is 4. The number of imidazole rings is 1. The Labute approximate surface area is 296 Å². The van der Waals surface area contributed by atoms with Crippen molar-refractivity contribution < 1.29 is 37.5 Å². The van der Waals surface area contributed by atoms with Crippen LogP contribution in [0.2, 0.25) is 0 Å². The summed E-state index contributed by atoms with van der Waals surface area (Å²) in [5.74, 6) is -1.78. The van der Waals surface area contributed by atoms with E-state index in [1.165, 1.54) is 11.2 Å². The molecule has 4 atom stereocenters. The minimum absolute atomic E-state index is 0.00700. The van der Waals surface area contributed by atoms with E-state index in [9.17, 15) is 19.2 Å². The molecular formula is C38H44FN5O7. The molecule has 4 heterocycles. The van der Waals surface area contributed by atoms with Gasteiger partial charge in [-0.3, -0.25) is 9.59 Å². The zero-order valence-electron chi connectivity index (χ0n) is 29.1. The maximum absolute atomic E-state index is 15.6. The molecule has 3 aromatic rings. The van der Waals surface area contributed by atoms with Crippen LogP contribution in [0.3, 0.4) is 0 Å². The molecule has 2 amide bonds. The van der Waals surface area contributed by atoms with Crippen molar-refractivity contribution in [3.63, 3.8) is 0 Å². The van der Waals surface area contributed by atoms with Crippen LogP contribution in [0.4, 0.5) is 4.39 Å². The molecule has 5 rings (SSSR count). The maximum Gasteiger partial charge on any atom is 0.338 e. The Balaban J connectivity index is 1.33. The van der Waals surface area contributed by atoms with Crippen LogP contribution in [-0.4, -0.2) is 81.2 Å². The second kappa shape index (κ2) is 17.6. The predicted octanol–water partition coefficient (Wildman–Crippen LogP) is 5.17. The van der Waals surface area contributed by atoms with Crippen LogP contribution in [-0.2, 0) is 32.0 Å². The smallest absolute Gasteiger partial charge is 0.338 e. The largest absolute Gasteiger partial charge is 0.459 e. The van der Waals surface area contributed by atoms with Gasteiger partial charge in [0.15, 0.2) is 11.6 Å². The molecule has 0 saturated carbocycles. The van der Waals surface area contributed by atoms with Crippen molar-refractivity contribution in [1.29, 1.82) is 0 Å². The lowest BCUT2D eigenvalue weighted by molar-refractivity contribution is -0.147. The minimum Gasteiger partial charge on any atom is -0.459 e. The average molecular weight is 702 g/mol. The molecule has 4 bridgehead atoms. The van der Waals surface area contributed by atoms with E-state index in [0.29, 0.717) is 36.1 Å². The molecule has 13 heteroatoms. The Bertz CT molecular complexity index is 1780. The first kappa shape index (κ1) is 36.9. The Morgan fingerprint density at radius 1 is 1.22 bits per heavy atom. The van der Waals surface area contributed by atoms with Crippen molar-refractivity contribution in [2.75, 3.05) is 19.6 Å². The SMILES string of the molecule is CC[C@H]1OC(=O)C2=CCN(C2)C(=O)c2coc(n2)CC(F)C[C@H](OC(=O)c2cccc(Cn3ccnc3)c2)/C=C(C)/C=C/CNC(=O)CC[C@H]1C. The third-order valence-corrected chi connectivity index (χ3v) is 8.84. The number of cyclic esters (lactones) is 1. The third-order valence-electron chi connectivity index (χ3n) is 8.84. The maximum atomic E-state index is 15.6. The number of aromatic nitrogens is 3. The summed E-state index contributed by atoms with van der Waals surface area (Å²) in [6, 6.07) is 7.01. The van der Waals surface area contributed by atoms with Gasteiger partial charge in [0.05, 0.1) is 30.4 Å². The molecule has 0 radical (unpaired) electrons. The van der Waals surface area contributed by atoms with Crippen LogP contribution in [0, 0.1) is 5.92 Å². The molecule has 0 spiro atoms. The van der Waals surface area contributed by atoms with Crippen LogP contribution >= 0.6 is 0 Å². The van der Waals surface area contributed by atoms with Gasteiger partial charge in [0, 0.05) is 44.9 Å². The number of nitrogens with one attached hydrogen (secondary N) is 1. The van der Waals surface area contributed by atoms with E-state index in [0.717, 1.165) is 5.56 Å². The topological polar surface area (TPSA) is 146 Å². The monoisotopic (exact) mass is 701 g/mol. The number of rotatable bonds is 5. The first-order chi connectivity index (χ1) is 24.6. The standard InChI is InChI=1S/C38H44FN5O7/c1-4-33-26(3)10-11-34(45)41-13-6-7-25(2)17-31(50-37(47)28-9-5-8-27(18-28)21-43-16-14-40-24-43)19-30(39)20-35-42-32(23-49-35)36(46)44-15-12-29(22-44)38(48)51-33/h5-9,12,14,16-18,23-24,26,30-31,33H,4,10-11,13,15,19-22H2,1-3H3,(H,41,45)/b7-6+,25-17+/t26-,30?,31-,33-/m1/s1. The van der Waals surface area contributed by atoms with Crippen molar-refractivity contribution >= 4 is 23.8 Å². The molecule has 270 valence electrons. The normalized spacial score (nSPS) is 24.4. The molecule has 2 aliphatic heterocycles. The van der Waals surface area contributed by atoms with Gasteiger partial charge in [-0.25, -0.2) is 23.9 Å². The van der Waals surface area contributed by atoms with Crippen LogP contribution in [0.5, 0.6) is 0 Å². The second-order valence-corrected chi connectivity index (χ2v) is 12.9. The molecular weight excluding hydrogens is 657 g/mol. The third kappa shape index (κ3) is 10.6. The number of oxazole rings is 1. The number of esters is 2. The average Bonchev–Trinajstić information content (AvgIpc) is 3.91. The van der Waals surface area contributed by atoms with E-state index in [1.807, 2.05) is 30.7 Å².